The Balaban J connectivity index is 1.98. The quantitative estimate of drug-likeness (QED) is 0.704. The molecule has 0 saturated carbocycles. The molecule has 0 aromatic heterocycles. The number of aromatic hydroxyl groups is 1. The minimum atomic E-state index is -0.895. The predicted octanol–water partition coefficient (Wildman–Crippen LogP) is 0.660. The van der Waals surface area contributed by atoms with Gasteiger partial charge in [-0.25, -0.2) is 4.39 Å². The van der Waals surface area contributed by atoms with E-state index in [2.05, 4.69) is 10.3 Å². The number of ketones is 1. The van der Waals surface area contributed by atoms with E-state index in [1.807, 2.05) is 0 Å². The molecule has 8 heteroatoms. The fraction of sp³-hybridized carbons (Fsp3) is 0.267. The maximum atomic E-state index is 13.3. The number of aliphatic imine (C=N–C) groups is 1. The summed E-state index contributed by atoms with van der Waals surface area (Å²) in [6.07, 6.45) is 1.32. The van der Waals surface area contributed by atoms with E-state index in [1.54, 1.807) is 0 Å². The van der Waals surface area contributed by atoms with Crippen molar-refractivity contribution in [2.24, 2.45) is 16.6 Å². The summed E-state index contributed by atoms with van der Waals surface area (Å²) >= 11 is 1.42. The lowest BCUT2D eigenvalue weighted by Crippen LogP contribution is -2.42. The molecule has 0 spiro atoms. The number of nitrogens with two attached hydrogens (primary N) is 1. The third-order valence-electron chi connectivity index (χ3n) is 3.66. The normalized spacial score (nSPS) is 25.5. The summed E-state index contributed by atoms with van der Waals surface area (Å²) in [5.74, 6) is -1.72. The lowest BCUT2D eigenvalue weighted by Gasteiger charge is -2.13. The number of nitrogens with one attached hydrogen (secondary N) is 1. The number of hydrogen-bond acceptors (Lipinski definition) is 6. The van der Waals surface area contributed by atoms with E-state index in [-0.39, 0.29) is 22.8 Å². The second kappa shape index (κ2) is 6.04. The highest BCUT2D eigenvalue weighted by molar-refractivity contribution is 8.14. The number of thioether (sulfide) groups is 1. The Kier molecular flexibility index (Phi) is 4.08. The van der Waals surface area contributed by atoms with E-state index >= 15 is 0 Å². The molecule has 2 heterocycles. The smallest absolute Gasteiger partial charge is 0.241 e. The number of allylic oxidation sites excluding steroid dienone is 1. The van der Waals surface area contributed by atoms with Crippen molar-refractivity contribution >= 4 is 34.6 Å². The van der Waals surface area contributed by atoms with Crippen molar-refractivity contribution in [3.8, 4) is 5.75 Å². The molecule has 1 amide bonds. The Morgan fingerprint density at radius 3 is 2.96 bits per heavy atom. The second-order valence-electron chi connectivity index (χ2n) is 5.20. The first kappa shape index (κ1) is 15.5. The highest BCUT2D eigenvalue weighted by Gasteiger charge is 2.45. The maximum Gasteiger partial charge on any atom is 0.241 e. The van der Waals surface area contributed by atoms with Gasteiger partial charge in [-0.3, -0.25) is 14.6 Å². The van der Waals surface area contributed by atoms with E-state index in [9.17, 15) is 19.1 Å². The lowest BCUT2D eigenvalue weighted by molar-refractivity contribution is -0.122. The molecule has 2 aliphatic rings. The Bertz CT molecular complexity index is 747. The summed E-state index contributed by atoms with van der Waals surface area (Å²) in [6, 6.07) is 2.52. The fourth-order valence-electron chi connectivity index (χ4n) is 2.58. The van der Waals surface area contributed by atoms with Gasteiger partial charge in [-0.15, -0.1) is 11.8 Å². The van der Waals surface area contributed by atoms with Crippen LogP contribution in [-0.2, 0) is 9.59 Å². The SMILES string of the molecule is NC(=O)C1N/C(=C\c2cc(F)ccc2O)C(=O)C1C1=NCCS1. The van der Waals surface area contributed by atoms with Crippen LogP contribution >= 0.6 is 11.8 Å². The van der Waals surface area contributed by atoms with Crippen molar-refractivity contribution in [3.63, 3.8) is 0 Å². The molecule has 1 aromatic carbocycles. The summed E-state index contributed by atoms with van der Waals surface area (Å²) < 4.78 is 13.3. The van der Waals surface area contributed by atoms with Gasteiger partial charge in [0.1, 0.15) is 23.5 Å². The molecule has 2 unspecified atom stereocenters. The van der Waals surface area contributed by atoms with Crippen LogP contribution in [0.25, 0.3) is 6.08 Å². The number of halogens is 1. The van der Waals surface area contributed by atoms with Crippen molar-refractivity contribution in [1.29, 1.82) is 0 Å². The van der Waals surface area contributed by atoms with E-state index in [1.165, 1.54) is 23.9 Å². The second-order valence-corrected chi connectivity index (χ2v) is 6.31. The van der Waals surface area contributed by atoms with Crippen molar-refractivity contribution in [2.75, 3.05) is 12.3 Å². The average Bonchev–Trinajstić information content (AvgIpc) is 3.11. The largest absolute Gasteiger partial charge is 0.507 e. The first-order valence-corrected chi connectivity index (χ1v) is 7.93. The molecule has 0 aliphatic carbocycles. The van der Waals surface area contributed by atoms with Crippen LogP contribution < -0.4 is 11.1 Å². The summed E-state index contributed by atoms with van der Waals surface area (Å²) in [7, 11) is 0. The minimum Gasteiger partial charge on any atom is -0.507 e. The number of amides is 1. The molecule has 3 rings (SSSR count). The Hall–Kier alpha value is -2.35. The highest BCUT2D eigenvalue weighted by atomic mass is 32.2. The molecular formula is C15H14FN3O3S. The third kappa shape index (κ3) is 2.94. The van der Waals surface area contributed by atoms with Crippen LogP contribution in [0.4, 0.5) is 4.39 Å². The van der Waals surface area contributed by atoms with Crippen LogP contribution in [0, 0.1) is 11.7 Å². The Morgan fingerprint density at radius 2 is 2.30 bits per heavy atom. The molecule has 0 radical (unpaired) electrons. The molecule has 120 valence electrons. The average molecular weight is 335 g/mol. The van der Waals surface area contributed by atoms with Crippen LogP contribution in [0.2, 0.25) is 0 Å². The van der Waals surface area contributed by atoms with E-state index in [0.717, 1.165) is 17.9 Å². The van der Waals surface area contributed by atoms with E-state index < -0.39 is 23.7 Å². The van der Waals surface area contributed by atoms with Crippen molar-refractivity contribution < 1.29 is 19.1 Å². The zero-order chi connectivity index (χ0) is 16.6. The standard InChI is InChI=1S/C15H14FN3O3S/c16-8-1-2-10(20)7(5-8)6-9-13(21)11(12(19-9)14(17)22)15-18-3-4-23-15/h1-2,5-6,11-12,19-20H,3-4H2,(H2,17,22)/b9-6-. The summed E-state index contributed by atoms with van der Waals surface area (Å²) in [6.45, 7) is 0.596. The number of primary amides is 1. The van der Waals surface area contributed by atoms with Gasteiger partial charge in [0.2, 0.25) is 5.91 Å². The number of hydrogen-bond donors (Lipinski definition) is 3. The molecule has 23 heavy (non-hydrogen) atoms. The summed E-state index contributed by atoms with van der Waals surface area (Å²) in [4.78, 5) is 28.5. The number of benzene rings is 1. The fourth-order valence-corrected chi connectivity index (χ4v) is 3.58. The highest BCUT2D eigenvalue weighted by Crippen LogP contribution is 2.31. The zero-order valence-electron chi connectivity index (χ0n) is 12.0. The molecule has 4 N–H and O–H groups in total. The van der Waals surface area contributed by atoms with Crippen LogP contribution in [0.1, 0.15) is 5.56 Å². The van der Waals surface area contributed by atoms with Crippen LogP contribution in [0.5, 0.6) is 5.75 Å². The summed E-state index contributed by atoms with van der Waals surface area (Å²) in [5.41, 5.74) is 5.62. The third-order valence-corrected chi connectivity index (χ3v) is 4.73. The number of Topliss-reactive ketones (excluding diaryl/α,β-unsaturated/α-hetero) is 1. The molecular weight excluding hydrogens is 321 g/mol. The van der Waals surface area contributed by atoms with Gasteiger partial charge in [0.05, 0.1) is 10.7 Å². The molecule has 6 nitrogen and oxygen atoms in total. The maximum absolute atomic E-state index is 13.3. The molecule has 0 bridgehead atoms. The van der Waals surface area contributed by atoms with Crippen molar-refractivity contribution in [1.82, 2.24) is 5.32 Å². The molecule has 2 atom stereocenters. The monoisotopic (exact) mass is 335 g/mol. The van der Waals surface area contributed by atoms with Crippen LogP contribution in [0.3, 0.4) is 0 Å². The van der Waals surface area contributed by atoms with E-state index in [4.69, 9.17) is 5.73 Å². The van der Waals surface area contributed by atoms with Gasteiger partial charge in [-0.05, 0) is 24.3 Å². The Labute approximate surface area is 135 Å². The number of carbonyl (C=O) groups excluding carboxylic acids is 2. The number of phenols is 1. The van der Waals surface area contributed by atoms with Gasteiger partial charge in [-0.1, -0.05) is 0 Å². The van der Waals surface area contributed by atoms with Gasteiger partial charge in [0.15, 0.2) is 5.78 Å². The van der Waals surface area contributed by atoms with Gasteiger partial charge in [-0.2, -0.15) is 0 Å². The van der Waals surface area contributed by atoms with Gasteiger partial charge >= 0.3 is 0 Å². The number of carbonyl (C=O) groups is 2. The van der Waals surface area contributed by atoms with Crippen molar-refractivity contribution in [2.45, 2.75) is 6.04 Å². The van der Waals surface area contributed by atoms with Gasteiger partial charge < -0.3 is 16.2 Å². The predicted molar refractivity (Wildman–Crippen MR) is 85.4 cm³/mol. The minimum absolute atomic E-state index is 0.106. The van der Waals surface area contributed by atoms with Crippen LogP contribution in [0.15, 0.2) is 28.9 Å². The lowest BCUT2D eigenvalue weighted by atomic mass is 9.99. The van der Waals surface area contributed by atoms with E-state index in [0.29, 0.717) is 11.6 Å². The van der Waals surface area contributed by atoms with Crippen molar-refractivity contribution in [3.05, 3.63) is 35.3 Å². The van der Waals surface area contributed by atoms with Gasteiger partial charge in [0, 0.05) is 17.9 Å². The van der Waals surface area contributed by atoms with Gasteiger partial charge in [0.25, 0.3) is 0 Å². The first-order chi connectivity index (χ1) is 11.0. The zero-order valence-corrected chi connectivity index (χ0v) is 12.8. The topological polar surface area (TPSA) is 105 Å². The molecule has 1 aromatic rings. The number of nitrogens with zero attached hydrogens (tertiary/aromatic N) is 1. The first-order valence-electron chi connectivity index (χ1n) is 6.95. The summed E-state index contributed by atoms with van der Waals surface area (Å²) in [5, 5.41) is 13.1. The number of phenolic OH excluding ortho intramolecular Hbond substituents is 1. The Morgan fingerprint density at radius 1 is 1.52 bits per heavy atom. The molecule has 1 fully saturated rings. The molecule has 2 aliphatic heterocycles. The van der Waals surface area contributed by atoms with Crippen LogP contribution in [-0.4, -0.2) is 40.2 Å². The molecule has 1 saturated heterocycles. The number of rotatable bonds is 3.